The molecule has 2 rings (SSSR count). The lowest BCUT2D eigenvalue weighted by Crippen LogP contribution is -2.45. The Balaban J connectivity index is 1.98. The van der Waals surface area contributed by atoms with Gasteiger partial charge >= 0.3 is 0 Å². The van der Waals surface area contributed by atoms with Crippen LogP contribution in [0.5, 0.6) is 0 Å². The van der Waals surface area contributed by atoms with Crippen LogP contribution in [-0.4, -0.2) is 30.6 Å². The Kier molecular flexibility index (Phi) is 4.57. The number of nitrogens with one attached hydrogen (secondary N) is 1. The van der Waals surface area contributed by atoms with Gasteiger partial charge in [-0.25, -0.2) is 0 Å². The van der Waals surface area contributed by atoms with E-state index < -0.39 is 0 Å². The molecular formula is C15H24N2. The maximum Gasteiger partial charge on any atom is 0.0237 e. The van der Waals surface area contributed by atoms with E-state index in [-0.39, 0.29) is 0 Å². The average Bonchev–Trinajstić information content (AvgIpc) is 2.37. The number of hydrogen-bond donors (Lipinski definition) is 1. The predicted molar refractivity (Wildman–Crippen MR) is 73.2 cm³/mol. The second-order valence-corrected chi connectivity index (χ2v) is 5.05. The van der Waals surface area contributed by atoms with Gasteiger partial charge in [-0.2, -0.15) is 0 Å². The summed E-state index contributed by atoms with van der Waals surface area (Å²) >= 11 is 0. The highest BCUT2D eigenvalue weighted by Gasteiger charge is 2.19. The number of aryl methyl sites for hydroxylation is 1. The summed E-state index contributed by atoms with van der Waals surface area (Å²) in [7, 11) is 0. The van der Waals surface area contributed by atoms with Crippen molar-refractivity contribution < 1.29 is 0 Å². The molecule has 1 fully saturated rings. The molecule has 2 heteroatoms. The molecule has 1 unspecified atom stereocenters. The largest absolute Gasteiger partial charge is 0.315 e. The van der Waals surface area contributed by atoms with E-state index in [1.165, 1.54) is 30.5 Å². The Morgan fingerprint density at radius 3 is 2.94 bits per heavy atom. The summed E-state index contributed by atoms with van der Waals surface area (Å²) in [6.07, 6.45) is 2.65. The number of piperidine rings is 1. The normalized spacial score (nSPS) is 20.8. The van der Waals surface area contributed by atoms with Crippen LogP contribution in [-0.2, 0) is 6.54 Å². The van der Waals surface area contributed by atoms with Crippen molar-refractivity contribution in [2.45, 2.75) is 39.3 Å². The van der Waals surface area contributed by atoms with Crippen molar-refractivity contribution in [2.75, 3.05) is 19.6 Å². The number of hydrogen-bond acceptors (Lipinski definition) is 2. The summed E-state index contributed by atoms with van der Waals surface area (Å²) in [5.41, 5.74) is 2.80. The van der Waals surface area contributed by atoms with Crippen LogP contribution in [0.25, 0.3) is 0 Å². The van der Waals surface area contributed by atoms with Crippen LogP contribution in [0.2, 0.25) is 0 Å². The van der Waals surface area contributed by atoms with Crippen molar-refractivity contribution in [3.8, 4) is 0 Å². The molecule has 1 atom stereocenters. The highest BCUT2D eigenvalue weighted by atomic mass is 15.2. The Hall–Kier alpha value is -0.860. The summed E-state index contributed by atoms with van der Waals surface area (Å²) in [4.78, 5) is 2.60. The fourth-order valence-corrected chi connectivity index (χ4v) is 2.69. The van der Waals surface area contributed by atoms with E-state index in [1.807, 2.05) is 0 Å². The molecule has 94 valence electrons. The second-order valence-electron chi connectivity index (χ2n) is 5.05. The molecule has 1 N–H and O–H groups in total. The van der Waals surface area contributed by atoms with E-state index in [4.69, 9.17) is 0 Å². The molecule has 0 bridgehead atoms. The van der Waals surface area contributed by atoms with Gasteiger partial charge in [-0.15, -0.1) is 0 Å². The van der Waals surface area contributed by atoms with Crippen molar-refractivity contribution in [1.29, 1.82) is 0 Å². The zero-order valence-electron chi connectivity index (χ0n) is 11.1. The van der Waals surface area contributed by atoms with Gasteiger partial charge in [0.1, 0.15) is 0 Å². The summed E-state index contributed by atoms with van der Waals surface area (Å²) in [5.74, 6) is 0. The fraction of sp³-hybridized carbons (Fsp3) is 0.600. The third-order valence-electron chi connectivity index (χ3n) is 3.66. The minimum Gasteiger partial charge on any atom is -0.315 e. The zero-order chi connectivity index (χ0) is 12.1. The molecule has 1 aliphatic heterocycles. The van der Waals surface area contributed by atoms with E-state index in [9.17, 15) is 0 Å². The van der Waals surface area contributed by atoms with Crippen molar-refractivity contribution >= 4 is 0 Å². The van der Waals surface area contributed by atoms with Crippen LogP contribution in [0, 0.1) is 6.92 Å². The van der Waals surface area contributed by atoms with E-state index in [1.54, 1.807) is 0 Å². The van der Waals surface area contributed by atoms with Gasteiger partial charge in [-0.3, -0.25) is 4.90 Å². The Labute approximate surface area is 105 Å². The molecule has 2 nitrogen and oxygen atoms in total. The monoisotopic (exact) mass is 232 g/mol. The lowest BCUT2D eigenvalue weighted by Gasteiger charge is -2.34. The summed E-state index contributed by atoms with van der Waals surface area (Å²) in [5, 5.41) is 3.51. The van der Waals surface area contributed by atoms with Crippen molar-refractivity contribution in [2.24, 2.45) is 0 Å². The third kappa shape index (κ3) is 3.55. The molecule has 0 aliphatic carbocycles. The third-order valence-corrected chi connectivity index (χ3v) is 3.66. The average molecular weight is 232 g/mol. The maximum absolute atomic E-state index is 3.51. The van der Waals surface area contributed by atoms with E-state index >= 15 is 0 Å². The molecule has 1 aliphatic rings. The number of nitrogens with zero attached hydrogens (tertiary/aromatic N) is 1. The zero-order valence-corrected chi connectivity index (χ0v) is 11.1. The minimum atomic E-state index is 0.717. The van der Waals surface area contributed by atoms with Gasteiger partial charge < -0.3 is 5.32 Å². The topological polar surface area (TPSA) is 15.3 Å². The number of rotatable bonds is 4. The van der Waals surface area contributed by atoms with Crippen molar-refractivity contribution in [1.82, 2.24) is 10.2 Å². The molecule has 1 aromatic carbocycles. The van der Waals surface area contributed by atoms with E-state index in [2.05, 4.69) is 48.3 Å². The lowest BCUT2D eigenvalue weighted by atomic mass is 10.0. The molecule has 1 aromatic rings. The van der Waals surface area contributed by atoms with Gasteiger partial charge in [-0.1, -0.05) is 36.8 Å². The number of benzene rings is 1. The predicted octanol–water partition coefficient (Wildman–Crippen LogP) is 2.57. The first-order valence-electron chi connectivity index (χ1n) is 6.80. The van der Waals surface area contributed by atoms with E-state index in [0.717, 1.165) is 19.6 Å². The van der Waals surface area contributed by atoms with Gasteiger partial charge in [0, 0.05) is 19.1 Å². The SMILES string of the molecule is CCN(Cc1cccc(C)c1)C1CCCNC1. The molecule has 1 saturated heterocycles. The second kappa shape index (κ2) is 6.18. The first-order valence-corrected chi connectivity index (χ1v) is 6.80. The fourth-order valence-electron chi connectivity index (χ4n) is 2.69. The Morgan fingerprint density at radius 2 is 2.29 bits per heavy atom. The van der Waals surface area contributed by atoms with Crippen LogP contribution >= 0.6 is 0 Å². The first kappa shape index (κ1) is 12.6. The van der Waals surface area contributed by atoms with Gasteiger partial charge in [0.2, 0.25) is 0 Å². The Bertz CT molecular complexity index is 343. The van der Waals surface area contributed by atoms with E-state index in [0.29, 0.717) is 6.04 Å². The van der Waals surface area contributed by atoms with Crippen LogP contribution < -0.4 is 5.32 Å². The molecule has 0 spiro atoms. The quantitative estimate of drug-likeness (QED) is 0.858. The van der Waals surface area contributed by atoms with Gasteiger partial charge in [0.25, 0.3) is 0 Å². The molecule has 1 heterocycles. The van der Waals surface area contributed by atoms with Crippen LogP contribution in [0.15, 0.2) is 24.3 Å². The Morgan fingerprint density at radius 1 is 1.41 bits per heavy atom. The van der Waals surface area contributed by atoms with Crippen molar-refractivity contribution in [3.05, 3.63) is 35.4 Å². The molecule has 0 aromatic heterocycles. The van der Waals surface area contributed by atoms with Crippen LogP contribution in [0.3, 0.4) is 0 Å². The molecule has 0 amide bonds. The summed E-state index contributed by atoms with van der Waals surface area (Å²) < 4.78 is 0. The highest BCUT2D eigenvalue weighted by Crippen LogP contribution is 2.14. The smallest absolute Gasteiger partial charge is 0.0237 e. The minimum absolute atomic E-state index is 0.717. The molecule has 0 radical (unpaired) electrons. The van der Waals surface area contributed by atoms with Gasteiger partial charge in [-0.05, 0) is 38.4 Å². The standard InChI is InChI=1S/C15H24N2/c1-3-17(15-8-5-9-16-11-15)12-14-7-4-6-13(2)10-14/h4,6-7,10,15-16H,3,5,8-9,11-12H2,1-2H3. The lowest BCUT2D eigenvalue weighted by molar-refractivity contribution is 0.166. The summed E-state index contributed by atoms with van der Waals surface area (Å²) in [6.45, 7) is 9.01. The van der Waals surface area contributed by atoms with Crippen molar-refractivity contribution in [3.63, 3.8) is 0 Å². The first-order chi connectivity index (χ1) is 8.29. The molecular weight excluding hydrogens is 208 g/mol. The van der Waals surface area contributed by atoms with Gasteiger partial charge in [0.15, 0.2) is 0 Å². The highest BCUT2D eigenvalue weighted by molar-refractivity contribution is 5.22. The van der Waals surface area contributed by atoms with Crippen LogP contribution in [0.1, 0.15) is 30.9 Å². The molecule has 17 heavy (non-hydrogen) atoms. The maximum atomic E-state index is 3.51. The van der Waals surface area contributed by atoms with Crippen LogP contribution in [0.4, 0.5) is 0 Å². The molecule has 0 saturated carbocycles. The number of likely N-dealkylation sites (N-methyl/N-ethyl adjacent to an activating group) is 1. The van der Waals surface area contributed by atoms with Gasteiger partial charge in [0.05, 0.1) is 0 Å². The summed E-state index contributed by atoms with van der Waals surface area (Å²) in [6, 6.07) is 9.60.